The van der Waals surface area contributed by atoms with E-state index in [1.807, 2.05) is 18.4 Å². The predicted molar refractivity (Wildman–Crippen MR) is 37.0 cm³/mol. The number of hydrogen-bond donors (Lipinski definition) is 2. The highest BCUT2D eigenvalue weighted by Crippen LogP contribution is 2.07. The molecule has 0 spiro atoms. The molecule has 0 aromatic rings. The minimum Gasteiger partial charge on any atom is -0.307 e. The van der Waals surface area contributed by atoms with Crippen molar-refractivity contribution in [3.05, 3.63) is 11.9 Å². The van der Waals surface area contributed by atoms with E-state index in [0.29, 0.717) is 5.92 Å². The first-order valence-corrected chi connectivity index (χ1v) is 3.17. The summed E-state index contributed by atoms with van der Waals surface area (Å²) in [7, 11) is 1.94. The highest BCUT2D eigenvalue weighted by atomic mass is 15.7. The molecule has 0 radical (unpaired) electrons. The van der Waals surface area contributed by atoms with Crippen molar-refractivity contribution in [3.63, 3.8) is 0 Å². The third-order valence-corrected chi connectivity index (χ3v) is 1.33. The van der Waals surface area contributed by atoms with Gasteiger partial charge in [0.1, 0.15) is 0 Å². The average molecular weight is 127 g/mol. The number of rotatable bonds is 1. The van der Waals surface area contributed by atoms with Crippen molar-refractivity contribution in [3.8, 4) is 0 Å². The third kappa shape index (κ3) is 1.36. The van der Waals surface area contributed by atoms with Crippen LogP contribution >= 0.6 is 0 Å². The molecule has 3 nitrogen and oxygen atoms in total. The number of allylic oxidation sites excluding steroid dienone is 1. The molecule has 3 heteroatoms. The molecule has 1 aliphatic rings. The molecule has 0 aliphatic carbocycles. The van der Waals surface area contributed by atoms with Crippen LogP contribution in [0.15, 0.2) is 11.9 Å². The summed E-state index contributed by atoms with van der Waals surface area (Å²) in [5.74, 6) is 0.572. The summed E-state index contributed by atoms with van der Waals surface area (Å²) < 4.78 is 0. The summed E-state index contributed by atoms with van der Waals surface area (Å²) in [4.78, 5) is 0. The first-order chi connectivity index (χ1) is 4.20. The SMILES string of the molecule is CC(C)C1=CNN(C)N1. The molecule has 1 rings (SSSR count). The number of hydrogen-bond acceptors (Lipinski definition) is 3. The van der Waals surface area contributed by atoms with E-state index in [4.69, 9.17) is 0 Å². The fraction of sp³-hybridized carbons (Fsp3) is 0.667. The van der Waals surface area contributed by atoms with Crippen molar-refractivity contribution in [1.82, 2.24) is 16.0 Å². The van der Waals surface area contributed by atoms with Crippen molar-refractivity contribution in [2.75, 3.05) is 7.05 Å². The fourth-order valence-corrected chi connectivity index (χ4v) is 0.720. The van der Waals surface area contributed by atoms with E-state index >= 15 is 0 Å². The number of nitrogens with zero attached hydrogens (tertiary/aromatic N) is 1. The Morgan fingerprint density at radius 1 is 1.56 bits per heavy atom. The van der Waals surface area contributed by atoms with Gasteiger partial charge in [0.25, 0.3) is 0 Å². The second-order valence-electron chi connectivity index (χ2n) is 2.55. The molecule has 0 amide bonds. The van der Waals surface area contributed by atoms with Gasteiger partial charge in [0, 0.05) is 18.9 Å². The Kier molecular flexibility index (Phi) is 1.62. The van der Waals surface area contributed by atoms with Gasteiger partial charge >= 0.3 is 0 Å². The normalized spacial score (nSPS) is 19.3. The van der Waals surface area contributed by atoms with Crippen LogP contribution in [0.3, 0.4) is 0 Å². The fourth-order valence-electron chi connectivity index (χ4n) is 0.720. The molecular formula is C6H13N3. The van der Waals surface area contributed by atoms with Gasteiger partial charge in [-0.25, -0.2) is 0 Å². The van der Waals surface area contributed by atoms with Crippen LogP contribution < -0.4 is 10.9 Å². The van der Waals surface area contributed by atoms with Crippen LogP contribution in [0.5, 0.6) is 0 Å². The van der Waals surface area contributed by atoms with Gasteiger partial charge < -0.3 is 10.9 Å². The first-order valence-electron chi connectivity index (χ1n) is 3.17. The summed E-state index contributed by atoms with van der Waals surface area (Å²) in [5.41, 5.74) is 7.38. The Morgan fingerprint density at radius 2 is 2.22 bits per heavy atom. The smallest absolute Gasteiger partial charge is 0.0478 e. The highest BCUT2D eigenvalue weighted by molar-refractivity contribution is 5.02. The van der Waals surface area contributed by atoms with Crippen LogP contribution in [-0.4, -0.2) is 12.2 Å². The van der Waals surface area contributed by atoms with Crippen molar-refractivity contribution < 1.29 is 0 Å². The predicted octanol–water partition coefficient (Wildman–Crippen LogP) is 0.438. The van der Waals surface area contributed by atoms with Crippen LogP contribution in [0, 0.1) is 5.92 Å². The molecule has 2 N–H and O–H groups in total. The van der Waals surface area contributed by atoms with Gasteiger partial charge in [0.05, 0.1) is 0 Å². The van der Waals surface area contributed by atoms with E-state index in [1.165, 1.54) is 5.70 Å². The maximum atomic E-state index is 3.14. The number of hydrazine groups is 2. The Balaban J connectivity index is 2.45. The van der Waals surface area contributed by atoms with Crippen LogP contribution in [0.4, 0.5) is 0 Å². The van der Waals surface area contributed by atoms with E-state index in [-0.39, 0.29) is 0 Å². The molecule has 0 aromatic carbocycles. The lowest BCUT2D eigenvalue weighted by atomic mass is 10.2. The summed E-state index contributed by atoms with van der Waals surface area (Å²) in [6, 6.07) is 0. The topological polar surface area (TPSA) is 27.3 Å². The zero-order valence-corrected chi connectivity index (χ0v) is 6.10. The molecule has 0 aromatic heterocycles. The lowest BCUT2D eigenvalue weighted by molar-refractivity contribution is 0.235. The molecule has 0 bridgehead atoms. The molecule has 1 aliphatic heterocycles. The Morgan fingerprint density at radius 3 is 2.44 bits per heavy atom. The van der Waals surface area contributed by atoms with Gasteiger partial charge in [-0.1, -0.05) is 13.8 Å². The monoisotopic (exact) mass is 127 g/mol. The summed E-state index contributed by atoms with van der Waals surface area (Å²) >= 11 is 0. The standard InChI is InChI=1S/C6H13N3/c1-5(2)6-4-7-9(3)8-6/h4-5,7-8H,1-3H3. The third-order valence-electron chi connectivity index (χ3n) is 1.33. The minimum atomic E-state index is 0.572. The molecule has 52 valence electrons. The van der Waals surface area contributed by atoms with Crippen LogP contribution in [0.1, 0.15) is 13.8 Å². The largest absolute Gasteiger partial charge is 0.307 e. The Bertz CT molecular complexity index is 128. The Hall–Kier alpha value is -0.700. The second-order valence-corrected chi connectivity index (χ2v) is 2.55. The molecule has 0 fully saturated rings. The maximum Gasteiger partial charge on any atom is 0.0478 e. The molecule has 1 heterocycles. The van der Waals surface area contributed by atoms with Crippen LogP contribution in [0.25, 0.3) is 0 Å². The van der Waals surface area contributed by atoms with Gasteiger partial charge in [0.15, 0.2) is 0 Å². The van der Waals surface area contributed by atoms with Gasteiger partial charge in [-0.15, -0.1) is 5.12 Å². The van der Waals surface area contributed by atoms with Gasteiger partial charge in [-0.2, -0.15) is 0 Å². The molecule has 0 atom stereocenters. The van der Waals surface area contributed by atoms with Crippen LogP contribution in [-0.2, 0) is 0 Å². The Labute approximate surface area is 55.7 Å². The molecule has 0 saturated heterocycles. The quantitative estimate of drug-likeness (QED) is 0.535. The van der Waals surface area contributed by atoms with E-state index in [0.717, 1.165) is 0 Å². The minimum absolute atomic E-state index is 0.572. The number of nitrogens with one attached hydrogen (secondary N) is 2. The zero-order chi connectivity index (χ0) is 6.85. The van der Waals surface area contributed by atoms with E-state index in [1.54, 1.807) is 0 Å². The van der Waals surface area contributed by atoms with E-state index < -0.39 is 0 Å². The molecule has 0 saturated carbocycles. The summed E-state index contributed by atoms with van der Waals surface area (Å²) in [6.45, 7) is 4.30. The second kappa shape index (κ2) is 2.27. The molecular weight excluding hydrogens is 114 g/mol. The van der Waals surface area contributed by atoms with Crippen molar-refractivity contribution in [2.24, 2.45) is 5.92 Å². The lowest BCUT2D eigenvalue weighted by Gasteiger charge is -2.12. The lowest BCUT2D eigenvalue weighted by Crippen LogP contribution is -2.35. The van der Waals surface area contributed by atoms with Crippen molar-refractivity contribution in [1.29, 1.82) is 0 Å². The van der Waals surface area contributed by atoms with E-state index in [2.05, 4.69) is 24.7 Å². The van der Waals surface area contributed by atoms with E-state index in [9.17, 15) is 0 Å². The highest BCUT2D eigenvalue weighted by Gasteiger charge is 2.09. The van der Waals surface area contributed by atoms with Crippen LogP contribution in [0.2, 0.25) is 0 Å². The first kappa shape index (κ1) is 6.42. The molecule has 0 unspecified atom stereocenters. The van der Waals surface area contributed by atoms with Gasteiger partial charge in [0.2, 0.25) is 0 Å². The molecule has 9 heavy (non-hydrogen) atoms. The summed E-state index contributed by atoms with van der Waals surface area (Å²) in [5, 5.41) is 1.83. The van der Waals surface area contributed by atoms with Crippen molar-refractivity contribution >= 4 is 0 Å². The maximum absolute atomic E-state index is 3.14. The van der Waals surface area contributed by atoms with Crippen molar-refractivity contribution in [2.45, 2.75) is 13.8 Å². The van der Waals surface area contributed by atoms with Gasteiger partial charge in [-0.05, 0) is 5.92 Å². The van der Waals surface area contributed by atoms with Gasteiger partial charge in [-0.3, -0.25) is 0 Å². The summed E-state index contributed by atoms with van der Waals surface area (Å²) in [6.07, 6.45) is 1.98. The zero-order valence-electron chi connectivity index (χ0n) is 6.10. The average Bonchev–Trinajstić information content (AvgIpc) is 2.14.